The van der Waals surface area contributed by atoms with Crippen molar-refractivity contribution in [3.05, 3.63) is 57.5 Å². The summed E-state index contributed by atoms with van der Waals surface area (Å²) >= 11 is 0. The van der Waals surface area contributed by atoms with E-state index in [2.05, 4.69) is 25.5 Å². The zero-order valence-electron chi connectivity index (χ0n) is 14.9. The molecule has 3 aromatic rings. The van der Waals surface area contributed by atoms with E-state index in [9.17, 15) is 10.1 Å². The van der Waals surface area contributed by atoms with Crippen LogP contribution in [0.15, 0.2) is 30.3 Å². The topological polar surface area (TPSA) is 113 Å². The van der Waals surface area contributed by atoms with Crippen molar-refractivity contribution < 1.29 is 4.92 Å². The van der Waals surface area contributed by atoms with Crippen LogP contribution in [0.5, 0.6) is 0 Å². The predicted molar refractivity (Wildman–Crippen MR) is 99.3 cm³/mol. The summed E-state index contributed by atoms with van der Waals surface area (Å²) in [7, 11) is 1.74. The van der Waals surface area contributed by atoms with Crippen LogP contribution in [0.1, 0.15) is 17.1 Å². The molecule has 0 radical (unpaired) electrons. The molecule has 0 aliphatic rings. The quantitative estimate of drug-likeness (QED) is 0.533. The molecule has 26 heavy (non-hydrogen) atoms. The monoisotopic (exact) mass is 353 g/mol. The van der Waals surface area contributed by atoms with E-state index in [1.807, 2.05) is 44.2 Å². The van der Waals surface area contributed by atoms with Crippen molar-refractivity contribution in [2.24, 2.45) is 0 Å². The highest BCUT2D eigenvalue weighted by atomic mass is 16.6. The van der Waals surface area contributed by atoms with Gasteiger partial charge >= 0.3 is 5.69 Å². The lowest BCUT2D eigenvalue weighted by Gasteiger charge is -2.19. The summed E-state index contributed by atoms with van der Waals surface area (Å²) in [5.74, 6) is 0.494. The molecule has 0 saturated heterocycles. The van der Waals surface area contributed by atoms with E-state index in [4.69, 9.17) is 0 Å². The summed E-state index contributed by atoms with van der Waals surface area (Å²) in [6.07, 6.45) is 0. The molecule has 0 aliphatic heterocycles. The third-order valence-electron chi connectivity index (χ3n) is 4.05. The maximum Gasteiger partial charge on any atom is 0.333 e. The average Bonchev–Trinajstić information content (AvgIpc) is 2.93. The Hall–Kier alpha value is -3.49. The van der Waals surface area contributed by atoms with Crippen LogP contribution in [0.4, 0.5) is 28.8 Å². The van der Waals surface area contributed by atoms with E-state index in [0.29, 0.717) is 0 Å². The van der Waals surface area contributed by atoms with Gasteiger partial charge in [0, 0.05) is 12.7 Å². The standard InChI is InChI=1S/C17H19N7O2/c1-10-14(11(2)22-21-10)19-17-18-12(3)15(24(25)26)16(20-17)23(4)13-8-6-5-7-9-13/h5-9H,1-4H3,(H,21,22)(H,18,19,20). The summed E-state index contributed by atoms with van der Waals surface area (Å²) in [6.45, 7) is 5.32. The van der Waals surface area contributed by atoms with Crippen molar-refractivity contribution in [1.82, 2.24) is 20.2 Å². The Morgan fingerprint density at radius 3 is 2.38 bits per heavy atom. The van der Waals surface area contributed by atoms with Crippen molar-refractivity contribution in [3.63, 3.8) is 0 Å². The van der Waals surface area contributed by atoms with Gasteiger partial charge in [-0.05, 0) is 32.9 Å². The number of nitrogens with one attached hydrogen (secondary N) is 2. The van der Waals surface area contributed by atoms with Crippen molar-refractivity contribution in [2.45, 2.75) is 20.8 Å². The maximum atomic E-state index is 11.6. The molecule has 1 aromatic carbocycles. The fourth-order valence-corrected chi connectivity index (χ4v) is 2.68. The number of para-hydroxylation sites is 1. The van der Waals surface area contributed by atoms with Gasteiger partial charge < -0.3 is 10.2 Å². The van der Waals surface area contributed by atoms with E-state index in [-0.39, 0.29) is 23.1 Å². The Kier molecular flexibility index (Phi) is 4.53. The van der Waals surface area contributed by atoms with Gasteiger partial charge in [-0.3, -0.25) is 15.2 Å². The number of rotatable bonds is 5. The van der Waals surface area contributed by atoms with Crippen LogP contribution in [-0.2, 0) is 0 Å². The highest BCUT2D eigenvalue weighted by molar-refractivity contribution is 5.71. The Bertz CT molecular complexity index is 934. The van der Waals surface area contributed by atoms with Gasteiger partial charge in [0.15, 0.2) is 0 Å². The first kappa shape index (κ1) is 17.3. The molecule has 0 fully saturated rings. The van der Waals surface area contributed by atoms with Gasteiger partial charge in [-0.15, -0.1) is 0 Å². The van der Waals surface area contributed by atoms with Gasteiger partial charge in [0.2, 0.25) is 11.8 Å². The Morgan fingerprint density at radius 2 is 1.81 bits per heavy atom. The molecule has 0 bridgehead atoms. The lowest BCUT2D eigenvalue weighted by molar-refractivity contribution is -0.385. The molecule has 0 unspecified atom stereocenters. The van der Waals surface area contributed by atoms with Crippen molar-refractivity contribution in [3.8, 4) is 0 Å². The average molecular weight is 353 g/mol. The number of hydrogen-bond donors (Lipinski definition) is 2. The second-order valence-corrected chi connectivity index (χ2v) is 5.89. The van der Waals surface area contributed by atoms with E-state index in [0.717, 1.165) is 22.8 Å². The normalized spacial score (nSPS) is 10.6. The highest BCUT2D eigenvalue weighted by Crippen LogP contribution is 2.34. The minimum absolute atomic E-state index is 0.123. The minimum atomic E-state index is -0.456. The second-order valence-electron chi connectivity index (χ2n) is 5.89. The molecule has 3 rings (SSSR count). The molecule has 0 saturated carbocycles. The number of hydrogen-bond acceptors (Lipinski definition) is 7. The summed E-state index contributed by atoms with van der Waals surface area (Å²) < 4.78 is 0. The maximum absolute atomic E-state index is 11.6. The summed E-state index contributed by atoms with van der Waals surface area (Å²) in [6, 6.07) is 9.33. The zero-order valence-corrected chi connectivity index (χ0v) is 14.9. The highest BCUT2D eigenvalue weighted by Gasteiger charge is 2.26. The van der Waals surface area contributed by atoms with Crippen LogP contribution in [-0.4, -0.2) is 32.1 Å². The van der Waals surface area contributed by atoms with Gasteiger partial charge in [-0.1, -0.05) is 18.2 Å². The third-order valence-corrected chi connectivity index (χ3v) is 4.05. The number of benzene rings is 1. The van der Waals surface area contributed by atoms with Crippen LogP contribution < -0.4 is 10.2 Å². The van der Waals surface area contributed by atoms with Crippen LogP contribution in [0.3, 0.4) is 0 Å². The lowest BCUT2D eigenvalue weighted by atomic mass is 10.2. The smallest absolute Gasteiger partial charge is 0.324 e. The lowest BCUT2D eigenvalue weighted by Crippen LogP contribution is -2.16. The Morgan fingerprint density at radius 1 is 1.12 bits per heavy atom. The van der Waals surface area contributed by atoms with E-state index >= 15 is 0 Å². The number of H-pyrrole nitrogens is 1. The first-order valence-corrected chi connectivity index (χ1v) is 7.99. The van der Waals surface area contributed by atoms with E-state index in [1.54, 1.807) is 18.9 Å². The number of nitrogens with zero attached hydrogens (tertiary/aromatic N) is 5. The first-order chi connectivity index (χ1) is 12.4. The number of nitro groups is 1. The van der Waals surface area contributed by atoms with E-state index < -0.39 is 4.92 Å². The molecule has 0 atom stereocenters. The zero-order chi connectivity index (χ0) is 18.8. The van der Waals surface area contributed by atoms with Crippen LogP contribution in [0.2, 0.25) is 0 Å². The Labute approximate surface area is 150 Å². The molecular formula is C17H19N7O2. The van der Waals surface area contributed by atoms with Gasteiger partial charge in [0.25, 0.3) is 0 Å². The second kappa shape index (κ2) is 6.79. The van der Waals surface area contributed by atoms with Gasteiger partial charge in [0.1, 0.15) is 5.69 Å². The first-order valence-electron chi connectivity index (χ1n) is 7.99. The molecule has 2 aromatic heterocycles. The molecule has 134 valence electrons. The van der Waals surface area contributed by atoms with Crippen LogP contribution in [0.25, 0.3) is 0 Å². The molecule has 9 heteroatoms. The van der Waals surface area contributed by atoms with Gasteiger partial charge in [-0.25, -0.2) is 4.98 Å². The van der Waals surface area contributed by atoms with Crippen molar-refractivity contribution >= 4 is 28.8 Å². The Balaban J connectivity index is 2.09. The molecule has 2 N–H and O–H groups in total. The number of aromatic amines is 1. The molecule has 9 nitrogen and oxygen atoms in total. The molecule has 0 spiro atoms. The summed E-state index contributed by atoms with van der Waals surface area (Å²) in [5, 5.41) is 21.7. The predicted octanol–water partition coefficient (Wildman–Crippen LogP) is 3.54. The molecular weight excluding hydrogens is 334 g/mol. The number of aryl methyl sites for hydroxylation is 3. The van der Waals surface area contributed by atoms with Gasteiger partial charge in [-0.2, -0.15) is 10.1 Å². The number of anilines is 4. The molecule has 0 amide bonds. The fraction of sp³-hybridized carbons (Fsp3) is 0.235. The SMILES string of the molecule is Cc1n[nH]c(C)c1Nc1nc(C)c([N+](=O)[O-])c(N(C)c2ccccc2)n1. The van der Waals surface area contributed by atoms with Crippen LogP contribution >= 0.6 is 0 Å². The van der Waals surface area contributed by atoms with Crippen molar-refractivity contribution in [1.29, 1.82) is 0 Å². The fourth-order valence-electron chi connectivity index (χ4n) is 2.68. The van der Waals surface area contributed by atoms with E-state index in [1.165, 1.54) is 0 Å². The van der Waals surface area contributed by atoms with Crippen LogP contribution in [0, 0.1) is 30.9 Å². The largest absolute Gasteiger partial charge is 0.333 e. The molecule has 0 aliphatic carbocycles. The number of aromatic nitrogens is 4. The van der Waals surface area contributed by atoms with Crippen molar-refractivity contribution in [2.75, 3.05) is 17.3 Å². The third kappa shape index (κ3) is 3.18. The minimum Gasteiger partial charge on any atom is -0.324 e. The summed E-state index contributed by atoms with van der Waals surface area (Å²) in [5.41, 5.74) is 3.30. The summed E-state index contributed by atoms with van der Waals surface area (Å²) in [4.78, 5) is 21.5. The molecule has 2 heterocycles. The van der Waals surface area contributed by atoms with Gasteiger partial charge in [0.05, 0.1) is 22.0 Å².